The quantitative estimate of drug-likeness (QED) is 0.518. The van der Waals surface area contributed by atoms with Crippen molar-refractivity contribution in [2.24, 2.45) is 0 Å². The van der Waals surface area contributed by atoms with Gasteiger partial charge in [0.05, 0.1) is 0 Å². The van der Waals surface area contributed by atoms with Gasteiger partial charge in [-0.2, -0.15) is 8.42 Å². The van der Waals surface area contributed by atoms with Gasteiger partial charge in [0, 0.05) is 12.1 Å². The first kappa shape index (κ1) is 13.1. The number of carbonyl (C=O) groups excluding carboxylic acids is 1. The summed E-state index contributed by atoms with van der Waals surface area (Å²) in [6, 6.07) is 0. The zero-order valence-corrected chi connectivity index (χ0v) is 9.10. The highest BCUT2D eigenvalue weighted by atomic mass is 32.2. The molecule has 0 spiro atoms. The molecule has 5 nitrogen and oxygen atoms in total. The maximum Gasteiger partial charge on any atom is 0.269 e. The molecule has 1 amide bonds. The number of carbonyl (C=O) groups is 1. The van der Waals surface area contributed by atoms with E-state index in [0.29, 0.717) is 5.57 Å². The first-order chi connectivity index (χ1) is 6.29. The van der Waals surface area contributed by atoms with Crippen molar-refractivity contribution >= 4 is 16.0 Å². The van der Waals surface area contributed by atoms with Gasteiger partial charge in [-0.05, 0) is 13.3 Å². The van der Waals surface area contributed by atoms with E-state index < -0.39 is 21.3 Å². The van der Waals surface area contributed by atoms with Crippen LogP contribution in [-0.2, 0) is 14.9 Å². The van der Waals surface area contributed by atoms with Crippen molar-refractivity contribution in [2.75, 3.05) is 6.54 Å². The van der Waals surface area contributed by atoms with Crippen LogP contribution in [0, 0.1) is 0 Å². The van der Waals surface area contributed by atoms with E-state index in [4.69, 9.17) is 4.55 Å². The van der Waals surface area contributed by atoms with E-state index in [-0.39, 0.29) is 13.0 Å². The van der Waals surface area contributed by atoms with Gasteiger partial charge in [-0.25, -0.2) is 0 Å². The monoisotopic (exact) mass is 221 g/mol. The second-order valence-corrected chi connectivity index (χ2v) is 4.73. The van der Waals surface area contributed by atoms with Gasteiger partial charge in [0.2, 0.25) is 5.91 Å². The van der Waals surface area contributed by atoms with E-state index in [1.807, 2.05) is 0 Å². The summed E-state index contributed by atoms with van der Waals surface area (Å²) >= 11 is 0. The van der Waals surface area contributed by atoms with Crippen molar-refractivity contribution in [1.82, 2.24) is 5.32 Å². The van der Waals surface area contributed by atoms with Gasteiger partial charge in [-0.15, -0.1) is 0 Å². The molecule has 82 valence electrons. The molecule has 0 saturated heterocycles. The topological polar surface area (TPSA) is 83.5 Å². The highest BCUT2D eigenvalue weighted by Crippen LogP contribution is 2.02. The molecule has 0 radical (unpaired) electrons. The van der Waals surface area contributed by atoms with Crippen molar-refractivity contribution < 1.29 is 17.8 Å². The van der Waals surface area contributed by atoms with Crippen LogP contribution in [-0.4, -0.2) is 30.7 Å². The van der Waals surface area contributed by atoms with E-state index in [0.717, 1.165) is 0 Å². The largest absolute Gasteiger partial charge is 0.351 e. The Labute approximate surface area is 83.9 Å². The fourth-order valence-electron chi connectivity index (χ4n) is 0.818. The highest BCUT2D eigenvalue weighted by Gasteiger charge is 2.21. The summed E-state index contributed by atoms with van der Waals surface area (Å²) in [5.74, 6) is -0.410. The first-order valence-corrected chi connectivity index (χ1v) is 5.69. The molecule has 2 N–H and O–H groups in total. The Hall–Kier alpha value is -0.880. The standard InChI is InChI=1S/C8H15NO4S/c1-4-7(14(11,12)13)5-9-8(10)6(2)3/h7H,2,4-5H2,1,3H3,(H,9,10)(H,11,12,13). The molecule has 6 heteroatoms. The van der Waals surface area contributed by atoms with E-state index >= 15 is 0 Å². The lowest BCUT2D eigenvalue weighted by Gasteiger charge is -2.12. The molecule has 0 aromatic heterocycles. The summed E-state index contributed by atoms with van der Waals surface area (Å²) in [6.45, 7) is 6.43. The highest BCUT2D eigenvalue weighted by molar-refractivity contribution is 7.86. The zero-order chi connectivity index (χ0) is 11.4. The number of nitrogens with one attached hydrogen (secondary N) is 1. The summed E-state index contributed by atoms with van der Waals surface area (Å²) in [4.78, 5) is 11.0. The Bertz CT molecular complexity index is 320. The normalized spacial score (nSPS) is 13.4. The molecule has 0 aliphatic rings. The Morgan fingerprint density at radius 2 is 2.07 bits per heavy atom. The lowest BCUT2D eigenvalue weighted by Crippen LogP contribution is -2.36. The molecule has 0 heterocycles. The molecule has 0 rings (SSSR count). The van der Waals surface area contributed by atoms with Crippen molar-refractivity contribution in [3.05, 3.63) is 12.2 Å². The number of rotatable bonds is 5. The maximum absolute atomic E-state index is 11.0. The number of hydrogen-bond acceptors (Lipinski definition) is 3. The van der Waals surface area contributed by atoms with Crippen LogP contribution in [0.2, 0.25) is 0 Å². The molecule has 1 unspecified atom stereocenters. The van der Waals surface area contributed by atoms with Gasteiger partial charge in [-0.1, -0.05) is 13.5 Å². The van der Waals surface area contributed by atoms with Crippen LogP contribution in [0.5, 0.6) is 0 Å². The average molecular weight is 221 g/mol. The smallest absolute Gasteiger partial charge is 0.269 e. The molecule has 1 atom stereocenters. The molecule has 0 saturated carbocycles. The fraction of sp³-hybridized carbons (Fsp3) is 0.625. The molecular weight excluding hydrogens is 206 g/mol. The molecule has 0 aliphatic heterocycles. The van der Waals surface area contributed by atoms with Gasteiger partial charge in [0.15, 0.2) is 0 Å². The van der Waals surface area contributed by atoms with E-state index in [1.54, 1.807) is 6.92 Å². The van der Waals surface area contributed by atoms with Gasteiger partial charge >= 0.3 is 0 Å². The molecule has 0 bridgehead atoms. The third-order valence-corrected chi connectivity index (χ3v) is 3.10. The fourth-order valence-corrected chi connectivity index (χ4v) is 1.53. The second kappa shape index (κ2) is 5.11. The molecule has 14 heavy (non-hydrogen) atoms. The molecule has 0 fully saturated rings. The van der Waals surface area contributed by atoms with Crippen molar-refractivity contribution in [3.8, 4) is 0 Å². The predicted octanol–water partition coefficient (Wildman–Crippen LogP) is 0.345. The SMILES string of the molecule is C=C(C)C(=O)NCC(CC)S(=O)(=O)O. The van der Waals surface area contributed by atoms with Crippen molar-refractivity contribution in [3.63, 3.8) is 0 Å². The zero-order valence-electron chi connectivity index (χ0n) is 8.28. The minimum absolute atomic E-state index is 0.0962. The van der Waals surface area contributed by atoms with Crippen LogP contribution >= 0.6 is 0 Å². The Balaban J connectivity index is 4.24. The lowest BCUT2D eigenvalue weighted by atomic mass is 10.3. The van der Waals surface area contributed by atoms with Crippen LogP contribution in [0.4, 0.5) is 0 Å². The predicted molar refractivity (Wildman–Crippen MR) is 53.5 cm³/mol. The van der Waals surface area contributed by atoms with Gasteiger partial charge in [0.25, 0.3) is 10.1 Å². The summed E-state index contributed by atoms with van der Waals surface area (Å²) in [6.07, 6.45) is 0.245. The van der Waals surface area contributed by atoms with Crippen molar-refractivity contribution in [2.45, 2.75) is 25.5 Å². The van der Waals surface area contributed by atoms with Crippen LogP contribution in [0.15, 0.2) is 12.2 Å². The second-order valence-electron chi connectivity index (χ2n) is 3.04. The van der Waals surface area contributed by atoms with E-state index in [2.05, 4.69) is 11.9 Å². The first-order valence-electron chi connectivity index (χ1n) is 4.19. The summed E-state index contributed by atoms with van der Waals surface area (Å²) in [5.41, 5.74) is 0.301. The van der Waals surface area contributed by atoms with Gasteiger partial charge in [-0.3, -0.25) is 9.35 Å². The van der Waals surface area contributed by atoms with Crippen LogP contribution in [0.25, 0.3) is 0 Å². The third-order valence-electron chi connectivity index (χ3n) is 1.75. The van der Waals surface area contributed by atoms with Gasteiger partial charge < -0.3 is 5.32 Å². The Kier molecular flexibility index (Phi) is 4.79. The van der Waals surface area contributed by atoms with Crippen LogP contribution < -0.4 is 5.32 Å². The van der Waals surface area contributed by atoms with E-state index in [1.165, 1.54) is 6.92 Å². The molecule has 0 aliphatic carbocycles. The summed E-state index contributed by atoms with van der Waals surface area (Å²) < 4.78 is 30.2. The number of amides is 1. The molecule has 0 aromatic carbocycles. The minimum Gasteiger partial charge on any atom is -0.351 e. The van der Waals surface area contributed by atoms with Crippen LogP contribution in [0.3, 0.4) is 0 Å². The van der Waals surface area contributed by atoms with E-state index in [9.17, 15) is 13.2 Å². The lowest BCUT2D eigenvalue weighted by molar-refractivity contribution is -0.117. The van der Waals surface area contributed by atoms with Crippen molar-refractivity contribution in [1.29, 1.82) is 0 Å². The Morgan fingerprint density at radius 3 is 2.36 bits per heavy atom. The molecule has 0 aromatic rings. The minimum atomic E-state index is -4.08. The number of hydrogen-bond donors (Lipinski definition) is 2. The summed E-state index contributed by atoms with van der Waals surface area (Å²) in [7, 11) is -4.08. The maximum atomic E-state index is 11.0. The average Bonchev–Trinajstić information content (AvgIpc) is 2.02. The van der Waals surface area contributed by atoms with Gasteiger partial charge in [0.1, 0.15) is 5.25 Å². The molecular formula is C8H15NO4S. The third kappa shape index (κ3) is 4.38. The Morgan fingerprint density at radius 1 is 1.57 bits per heavy atom. The summed E-state index contributed by atoms with van der Waals surface area (Å²) in [5, 5.41) is 1.41. The van der Waals surface area contributed by atoms with Crippen LogP contribution in [0.1, 0.15) is 20.3 Å².